The Morgan fingerprint density at radius 1 is 0.931 bits per heavy atom. The molecule has 8 atom stereocenters. The number of rotatable bonds is 4. The van der Waals surface area contributed by atoms with Crippen LogP contribution in [-0.2, 0) is 0 Å². The van der Waals surface area contributed by atoms with Crippen LogP contribution in [0.5, 0.6) is 0 Å². The van der Waals surface area contributed by atoms with Crippen molar-refractivity contribution in [1.82, 2.24) is 0 Å². The summed E-state index contributed by atoms with van der Waals surface area (Å²) in [5.74, 6) is 4.38. The fourth-order valence-electron chi connectivity index (χ4n) is 7.59. The molecule has 1 nitrogen and oxygen atoms in total. The lowest BCUT2D eigenvalue weighted by atomic mass is 9.50. The first-order valence-corrected chi connectivity index (χ1v) is 12.4. The van der Waals surface area contributed by atoms with Gasteiger partial charge in [-0.05, 0) is 91.3 Å². The molecular weight excluding hydrogens is 352 g/mol. The SMILES string of the molecule is CC(C)[C@H](C)/C=C\[C@H](C)[C@@H]1CC[C@@H]2C3=CC=C4C[C@H](O)CC[C@]4(C)[C@@H]3CC[C@]21C. The first-order chi connectivity index (χ1) is 13.7. The van der Waals surface area contributed by atoms with Gasteiger partial charge in [0.05, 0.1) is 6.10 Å². The third-order valence-corrected chi connectivity index (χ3v) is 10.0. The number of fused-ring (bicyclic) bond motifs is 5. The Hall–Kier alpha value is -0.820. The van der Waals surface area contributed by atoms with Crippen molar-refractivity contribution in [3.8, 4) is 0 Å². The van der Waals surface area contributed by atoms with Gasteiger partial charge < -0.3 is 5.11 Å². The van der Waals surface area contributed by atoms with E-state index in [1.807, 2.05) is 0 Å². The number of hydrogen-bond donors (Lipinski definition) is 1. The van der Waals surface area contributed by atoms with Gasteiger partial charge in [0.1, 0.15) is 0 Å². The molecule has 4 aliphatic carbocycles. The first-order valence-electron chi connectivity index (χ1n) is 12.4. The van der Waals surface area contributed by atoms with Crippen molar-refractivity contribution in [3.05, 3.63) is 35.5 Å². The third kappa shape index (κ3) is 3.50. The van der Waals surface area contributed by atoms with Crippen LogP contribution in [0, 0.1) is 46.3 Å². The highest BCUT2D eigenvalue weighted by Gasteiger charge is 2.56. The molecule has 162 valence electrons. The molecule has 3 fully saturated rings. The molecule has 0 bridgehead atoms. The topological polar surface area (TPSA) is 20.2 Å². The fourth-order valence-corrected chi connectivity index (χ4v) is 7.59. The Kier molecular flexibility index (Phi) is 5.69. The Labute approximate surface area is 179 Å². The highest BCUT2D eigenvalue weighted by molar-refractivity contribution is 5.39. The highest BCUT2D eigenvalue weighted by Crippen LogP contribution is 2.65. The Morgan fingerprint density at radius 2 is 1.69 bits per heavy atom. The predicted octanol–water partition coefficient (Wildman–Crippen LogP) is 7.33. The van der Waals surface area contributed by atoms with Crippen molar-refractivity contribution >= 4 is 0 Å². The average Bonchev–Trinajstić information content (AvgIpc) is 3.03. The summed E-state index contributed by atoms with van der Waals surface area (Å²) < 4.78 is 0. The zero-order chi connectivity index (χ0) is 21.0. The predicted molar refractivity (Wildman–Crippen MR) is 123 cm³/mol. The number of hydrogen-bond acceptors (Lipinski definition) is 1. The monoisotopic (exact) mass is 396 g/mol. The first kappa shape index (κ1) is 21.4. The maximum atomic E-state index is 10.2. The molecule has 0 unspecified atom stereocenters. The van der Waals surface area contributed by atoms with Crippen LogP contribution < -0.4 is 0 Å². The molecule has 0 aromatic heterocycles. The van der Waals surface area contributed by atoms with E-state index in [1.165, 1.54) is 37.7 Å². The second kappa shape index (κ2) is 7.70. The van der Waals surface area contributed by atoms with Gasteiger partial charge >= 0.3 is 0 Å². The number of aliphatic hydroxyl groups excluding tert-OH is 1. The molecule has 0 spiro atoms. The molecule has 0 aromatic rings. The van der Waals surface area contributed by atoms with Gasteiger partial charge in [-0.3, -0.25) is 0 Å². The van der Waals surface area contributed by atoms with Crippen molar-refractivity contribution in [2.45, 2.75) is 92.6 Å². The van der Waals surface area contributed by atoms with Crippen LogP contribution in [0.15, 0.2) is 35.5 Å². The molecule has 0 amide bonds. The summed E-state index contributed by atoms with van der Waals surface area (Å²) in [6.45, 7) is 14.6. The van der Waals surface area contributed by atoms with Crippen LogP contribution in [-0.4, -0.2) is 11.2 Å². The van der Waals surface area contributed by atoms with Gasteiger partial charge in [0, 0.05) is 0 Å². The normalized spacial score (nSPS) is 44.0. The third-order valence-electron chi connectivity index (χ3n) is 10.0. The van der Waals surface area contributed by atoms with Crippen molar-refractivity contribution in [2.75, 3.05) is 0 Å². The van der Waals surface area contributed by atoms with Gasteiger partial charge in [-0.25, -0.2) is 0 Å². The lowest BCUT2D eigenvalue weighted by Crippen LogP contribution is -2.46. The smallest absolute Gasteiger partial charge is 0.0578 e. The quantitative estimate of drug-likeness (QED) is 0.493. The molecule has 0 heterocycles. The zero-order valence-electron chi connectivity index (χ0n) is 19.7. The molecule has 4 aliphatic rings. The number of aliphatic hydroxyl groups is 1. The minimum Gasteiger partial charge on any atom is -0.393 e. The molecule has 0 saturated heterocycles. The molecular formula is C28H44O. The van der Waals surface area contributed by atoms with Crippen LogP contribution in [0.2, 0.25) is 0 Å². The summed E-state index contributed by atoms with van der Waals surface area (Å²) in [4.78, 5) is 0. The van der Waals surface area contributed by atoms with E-state index >= 15 is 0 Å². The molecule has 0 aromatic carbocycles. The van der Waals surface area contributed by atoms with Crippen LogP contribution in [0.3, 0.4) is 0 Å². The summed E-state index contributed by atoms with van der Waals surface area (Å²) in [7, 11) is 0. The standard InChI is InChI=1S/C28H44O/c1-18(2)19(3)7-8-20(4)24-11-12-25-23-10-9-21-17-22(29)13-15-27(21,5)26(23)14-16-28(24,25)6/h7-10,18-20,22,24-26,29H,11-17H2,1-6H3/b8-7-/t19-,20+,22-,24+,25-,26-,27+,28+/m1/s1. The summed E-state index contributed by atoms with van der Waals surface area (Å²) in [6.07, 6.45) is 18.4. The van der Waals surface area contributed by atoms with Gasteiger partial charge in [-0.1, -0.05) is 77.0 Å². The van der Waals surface area contributed by atoms with Gasteiger partial charge in [0.15, 0.2) is 0 Å². The summed E-state index contributed by atoms with van der Waals surface area (Å²) in [6, 6.07) is 0. The molecule has 1 heteroatoms. The summed E-state index contributed by atoms with van der Waals surface area (Å²) in [5.41, 5.74) is 4.07. The van der Waals surface area contributed by atoms with Crippen molar-refractivity contribution in [2.24, 2.45) is 46.3 Å². The molecule has 29 heavy (non-hydrogen) atoms. The van der Waals surface area contributed by atoms with Gasteiger partial charge in [0.2, 0.25) is 0 Å². The molecule has 0 radical (unpaired) electrons. The second-order valence-electron chi connectivity index (χ2n) is 11.9. The van der Waals surface area contributed by atoms with Crippen molar-refractivity contribution < 1.29 is 5.11 Å². The summed E-state index contributed by atoms with van der Waals surface area (Å²) >= 11 is 0. The van der Waals surface area contributed by atoms with E-state index < -0.39 is 0 Å². The Bertz CT molecular complexity index is 712. The maximum absolute atomic E-state index is 10.2. The summed E-state index contributed by atoms with van der Waals surface area (Å²) in [5, 5.41) is 10.2. The van der Waals surface area contributed by atoms with E-state index in [1.54, 1.807) is 5.57 Å². The van der Waals surface area contributed by atoms with Crippen LogP contribution >= 0.6 is 0 Å². The molecule has 3 saturated carbocycles. The zero-order valence-corrected chi connectivity index (χ0v) is 19.7. The van der Waals surface area contributed by atoms with Crippen molar-refractivity contribution in [1.29, 1.82) is 0 Å². The second-order valence-corrected chi connectivity index (χ2v) is 11.9. The van der Waals surface area contributed by atoms with E-state index in [9.17, 15) is 5.11 Å². The van der Waals surface area contributed by atoms with E-state index in [-0.39, 0.29) is 6.10 Å². The molecule has 4 rings (SSSR count). The van der Waals surface area contributed by atoms with Crippen LogP contribution in [0.25, 0.3) is 0 Å². The Morgan fingerprint density at radius 3 is 2.41 bits per heavy atom. The maximum Gasteiger partial charge on any atom is 0.0578 e. The van der Waals surface area contributed by atoms with E-state index in [4.69, 9.17) is 0 Å². The average molecular weight is 397 g/mol. The van der Waals surface area contributed by atoms with E-state index in [0.29, 0.717) is 22.7 Å². The van der Waals surface area contributed by atoms with Gasteiger partial charge in [0.25, 0.3) is 0 Å². The lowest BCUT2D eigenvalue weighted by molar-refractivity contribution is 0.0382. The van der Waals surface area contributed by atoms with E-state index in [2.05, 4.69) is 65.8 Å². The highest BCUT2D eigenvalue weighted by atomic mass is 16.3. The van der Waals surface area contributed by atoms with Crippen molar-refractivity contribution in [3.63, 3.8) is 0 Å². The lowest BCUT2D eigenvalue weighted by Gasteiger charge is -2.55. The minimum absolute atomic E-state index is 0.116. The van der Waals surface area contributed by atoms with Gasteiger partial charge in [-0.15, -0.1) is 0 Å². The van der Waals surface area contributed by atoms with Gasteiger partial charge in [-0.2, -0.15) is 0 Å². The fraction of sp³-hybridized carbons (Fsp3) is 0.786. The number of allylic oxidation sites excluding steroid dienone is 5. The van der Waals surface area contributed by atoms with E-state index in [0.717, 1.165) is 36.5 Å². The van der Waals surface area contributed by atoms with Crippen LogP contribution in [0.1, 0.15) is 86.5 Å². The molecule has 1 N–H and O–H groups in total. The Balaban J connectivity index is 1.57. The molecule has 0 aliphatic heterocycles. The van der Waals surface area contributed by atoms with Crippen LogP contribution in [0.4, 0.5) is 0 Å². The minimum atomic E-state index is -0.116. The largest absolute Gasteiger partial charge is 0.393 e.